The second kappa shape index (κ2) is 7.85. The van der Waals surface area contributed by atoms with Gasteiger partial charge >= 0.3 is 0 Å². The van der Waals surface area contributed by atoms with E-state index in [0.717, 1.165) is 19.4 Å². The van der Waals surface area contributed by atoms with Crippen LogP contribution in [0, 0.1) is 5.92 Å². The van der Waals surface area contributed by atoms with Gasteiger partial charge < -0.3 is 10.3 Å². The molecule has 0 bridgehead atoms. The van der Waals surface area contributed by atoms with Gasteiger partial charge in [0.05, 0.1) is 11.3 Å². The van der Waals surface area contributed by atoms with Crippen LogP contribution in [0.3, 0.4) is 0 Å². The van der Waals surface area contributed by atoms with Crippen molar-refractivity contribution in [2.75, 3.05) is 12.0 Å². The first-order valence-corrected chi connectivity index (χ1v) is 7.26. The molecule has 0 aliphatic heterocycles. The molecule has 0 spiro atoms. The van der Waals surface area contributed by atoms with E-state index in [0.29, 0.717) is 17.2 Å². The van der Waals surface area contributed by atoms with Crippen molar-refractivity contribution in [3.8, 4) is 0 Å². The zero-order valence-electron chi connectivity index (χ0n) is 12.9. The molecule has 1 amide bonds. The number of hydrazine groups is 1. The van der Waals surface area contributed by atoms with E-state index in [4.69, 9.17) is 5.84 Å². The van der Waals surface area contributed by atoms with Gasteiger partial charge in [0.15, 0.2) is 0 Å². The van der Waals surface area contributed by atoms with Gasteiger partial charge in [-0.15, -0.1) is 0 Å². The van der Waals surface area contributed by atoms with Gasteiger partial charge in [0.2, 0.25) is 0 Å². The topological polar surface area (TPSA) is 71.2 Å². The van der Waals surface area contributed by atoms with Crippen molar-refractivity contribution in [2.24, 2.45) is 11.8 Å². The lowest BCUT2D eigenvalue weighted by molar-refractivity contribution is 0.0641. The molecule has 0 saturated heterocycles. The van der Waals surface area contributed by atoms with Crippen molar-refractivity contribution in [3.63, 3.8) is 0 Å². The molecule has 3 N–H and O–H groups in total. The molecule has 0 aliphatic carbocycles. The maximum absolute atomic E-state index is 12.8. The summed E-state index contributed by atoms with van der Waals surface area (Å²) in [6.45, 7) is 9.20. The van der Waals surface area contributed by atoms with Gasteiger partial charge in [-0.1, -0.05) is 27.7 Å². The Morgan fingerprint density at radius 2 is 2.05 bits per heavy atom. The van der Waals surface area contributed by atoms with Gasteiger partial charge in [0, 0.05) is 25.0 Å². The van der Waals surface area contributed by atoms with Crippen LogP contribution in [0.2, 0.25) is 0 Å². The summed E-state index contributed by atoms with van der Waals surface area (Å²) in [5, 5.41) is 0. The zero-order chi connectivity index (χ0) is 15.1. The second-order valence-corrected chi connectivity index (χ2v) is 5.39. The van der Waals surface area contributed by atoms with Crippen LogP contribution in [0.25, 0.3) is 0 Å². The fourth-order valence-corrected chi connectivity index (χ4v) is 2.37. The normalized spacial score (nSPS) is 10.9. The number of carbonyl (C=O) groups is 1. The number of hydrogen-bond donors (Lipinski definition) is 2. The highest BCUT2D eigenvalue weighted by Crippen LogP contribution is 2.20. The first kappa shape index (κ1) is 16.4. The van der Waals surface area contributed by atoms with E-state index in [2.05, 4.69) is 38.1 Å². The van der Waals surface area contributed by atoms with E-state index in [1.807, 2.05) is 4.90 Å². The molecule has 5 heteroatoms. The lowest BCUT2D eigenvalue weighted by Gasteiger charge is -2.32. The molecule has 20 heavy (non-hydrogen) atoms. The number of nitrogen functional groups attached to an aromatic ring is 1. The third-order valence-electron chi connectivity index (χ3n) is 3.41. The van der Waals surface area contributed by atoms with Crippen molar-refractivity contribution in [1.29, 1.82) is 0 Å². The van der Waals surface area contributed by atoms with Crippen LogP contribution >= 0.6 is 0 Å². The minimum atomic E-state index is -0.00606. The average Bonchev–Trinajstić information content (AvgIpc) is 2.46. The summed E-state index contributed by atoms with van der Waals surface area (Å²) in [4.78, 5) is 18.8. The number of aromatic nitrogens is 1. The summed E-state index contributed by atoms with van der Waals surface area (Å²) in [6, 6.07) is 1.96. The molecule has 0 aliphatic rings. The summed E-state index contributed by atoms with van der Waals surface area (Å²) >= 11 is 0. The molecule has 112 valence electrons. The number of amides is 1. The number of carbonyl (C=O) groups excluding carboxylic acids is 1. The molecular weight excluding hydrogens is 252 g/mol. The monoisotopic (exact) mass is 278 g/mol. The molecule has 0 radical (unpaired) electrons. The fraction of sp³-hybridized carbons (Fsp3) is 0.600. The van der Waals surface area contributed by atoms with Crippen molar-refractivity contribution < 1.29 is 4.79 Å². The average molecular weight is 278 g/mol. The summed E-state index contributed by atoms with van der Waals surface area (Å²) in [7, 11) is 0. The van der Waals surface area contributed by atoms with Crippen molar-refractivity contribution in [2.45, 2.75) is 46.6 Å². The Morgan fingerprint density at radius 3 is 2.55 bits per heavy atom. The van der Waals surface area contributed by atoms with Crippen LogP contribution in [-0.4, -0.2) is 28.4 Å². The highest BCUT2D eigenvalue weighted by molar-refractivity contribution is 5.99. The first-order chi connectivity index (χ1) is 9.54. The minimum absolute atomic E-state index is 0.00606. The number of anilines is 1. The highest BCUT2D eigenvalue weighted by atomic mass is 16.2. The molecule has 0 atom stereocenters. The molecule has 1 heterocycles. The maximum Gasteiger partial charge on any atom is 0.257 e. The molecule has 1 rings (SSSR count). The number of nitrogens with zero attached hydrogens (tertiary/aromatic N) is 2. The summed E-state index contributed by atoms with van der Waals surface area (Å²) in [5.74, 6) is 5.90. The van der Waals surface area contributed by atoms with Crippen LogP contribution in [0.5, 0.6) is 0 Å². The molecular formula is C15H26N4O. The number of rotatable bonds is 7. The number of pyridine rings is 1. The van der Waals surface area contributed by atoms with E-state index in [1.165, 1.54) is 0 Å². The summed E-state index contributed by atoms with van der Waals surface area (Å²) < 4.78 is 0. The Bertz CT molecular complexity index is 430. The van der Waals surface area contributed by atoms with Gasteiger partial charge in [0.1, 0.15) is 0 Å². The molecule has 0 fully saturated rings. The standard InChI is InChI=1S/C15H26N4O/c1-5-12(6-2)19(10-11(3)4)15(20)13-9-17-8-7-14(13)18-16/h7-9,11-12H,5-6,10,16H2,1-4H3,(H,17,18). The molecule has 5 nitrogen and oxygen atoms in total. The van der Waals surface area contributed by atoms with Gasteiger partial charge in [-0.05, 0) is 24.8 Å². The molecule has 0 unspecified atom stereocenters. The minimum Gasteiger partial charge on any atom is -0.335 e. The number of nitrogens with two attached hydrogens (primary N) is 1. The quantitative estimate of drug-likeness (QED) is 0.594. The van der Waals surface area contributed by atoms with Gasteiger partial charge in [-0.2, -0.15) is 0 Å². The highest BCUT2D eigenvalue weighted by Gasteiger charge is 2.25. The Kier molecular flexibility index (Phi) is 6.45. The van der Waals surface area contributed by atoms with E-state index in [1.54, 1.807) is 18.5 Å². The summed E-state index contributed by atoms with van der Waals surface area (Å²) in [6.07, 6.45) is 5.09. The van der Waals surface area contributed by atoms with E-state index < -0.39 is 0 Å². The predicted molar refractivity (Wildman–Crippen MR) is 82.3 cm³/mol. The largest absolute Gasteiger partial charge is 0.335 e. The van der Waals surface area contributed by atoms with Crippen LogP contribution < -0.4 is 11.3 Å². The van der Waals surface area contributed by atoms with Gasteiger partial charge in [-0.3, -0.25) is 15.6 Å². The van der Waals surface area contributed by atoms with E-state index >= 15 is 0 Å². The van der Waals surface area contributed by atoms with Gasteiger partial charge in [-0.25, -0.2) is 0 Å². The first-order valence-electron chi connectivity index (χ1n) is 7.26. The van der Waals surface area contributed by atoms with E-state index in [9.17, 15) is 4.79 Å². The Morgan fingerprint density at radius 1 is 1.40 bits per heavy atom. The third-order valence-corrected chi connectivity index (χ3v) is 3.41. The van der Waals surface area contributed by atoms with Crippen LogP contribution in [-0.2, 0) is 0 Å². The van der Waals surface area contributed by atoms with Crippen LogP contribution in [0.15, 0.2) is 18.5 Å². The zero-order valence-corrected chi connectivity index (χ0v) is 12.9. The molecule has 1 aromatic rings. The van der Waals surface area contributed by atoms with Crippen LogP contribution in [0.4, 0.5) is 5.69 Å². The number of hydrogen-bond acceptors (Lipinski definition) is 4. The molecule has 0 saturated carbocycles. The lowest BCUT2D eigenvalue weighted by atomic mass is 10.1. The smallest absolute Gasteiger partial charge is 0.257 e. The predicted octanol–water partition coefficient (Wildman–Crippen LogP) is 2.65. The molecule has 1 aromatic heterocycles. The Labute approximate surface area is 121 Å². The Hall–Kier alpha value is -1.62. The van der Waals surface area contributed by atoms with Gasteiger partial charge in [0.25, 0.3) is 5.91 Å². The van der Waals surface area contributed by atoms with Crippen molar-refractivity contribution in [3.05, 3.63) is 24.0 Å². The van der Waals surface area contributed by atoms with Crippen LogP contribution in [0.1, 0.15) is 50.9 Å². The maximum atomic E-state index is 12.8. The third kappa shape index (κ3) is 3.93. The van der Waals surface area contributed by atoms with Crippen molar-refractivity contribution in [1.82, 2.24) is 9.88 Å². The molecule has 0 aromatic carbocycles. The SMILES string of the molecule is CCC(CC)N(CC(C)C)C(=O)c1cnccc1NN. The number of nitrogens with one attached hydrogen (secondary N) is 1. The van der Waals surface area contributed by atoms with Crippen molar-refractivity contribution >= 4 is 11.6 Å². The lowest BCUT2D eigenvalue weighted by Crippen LogP contribution is -2.42. The second-order valence-electron chi connectivity index (χ2n) is 5.39. The Balaban J connectivity index is 3.09. The summed E-state index contributed by atoms with van der Waals surface area (Å²) in [5.41, 5.74) is 3.72. The fourth-order valence-electron chi connectivity index (χ4n) is 2.37. The van der Waals surface area contributed by atoms with E-state index in [-0.39, 0.29) is 11.9 Å².